The van der Waals surface area contributed by atoms with Gasteiger partial charge in [0.05, 0.1) is 11.6 Å². The molecule has 0 saturated heterocycles. The first-order valence-corrected chi connectivity index (χ1v) is 9.37. The van der Waals surface area contributed by atoms with Crippen LogP contribution in [0.25, 0.3) is 0 Å². The van der Waals surface area contributed by atoms with Gasteiger partial charge in [0.15, 0.2) is 6.61 Å². The van der Waals surface area contributed by atoms with Gasteiger partial charge in [-0.25, -0.2) is 4.79 Å². The van der Waals surface area contributed by atoms with E-state index in [0.29, 0.717) is 33.7 Å². The average Bonchev–Trinajstić information content (AvgIpc) is 2.54. The number of ether oxygens (including phenoxy) is 2. The van der Waals surface area contributed by atoms with E-state index in [9.17, 15) is 4.79 Å². The van der Waals surface area contributed by atoms with Gasteiger partial charge in [0.25, 0.3) is 0 Å². The van der Waals surface area contributed by atoms with Gasteiger partial charge in [-0.2, -0.15) is 0 Å². The molecule has 1 aromatic carbocycles. The van der Waals surface area contributed by atoms with Crippen molar-refractivity contribution < 1.29 is 14.3 Å². The molecule has 3 fully saturated rings. The largest absolute Gasteiger partial charge is 0.480 e. The van der Waals surface area contributed by atoms with Crippen LogP contribution in [0.1, 0.15) is 39.5 Å². The molecule has 3 aliphatic carbocycles. The summed E-state index contributed by atoms with van der Waals surface area (Å²) < 4.78 is 10.7. The zero-order valence-electron chi connectivity index (χ0n) is 14.2. The first-order chi connectivity index (χ1) is 11.4. The van der Waals surface area contributed by atoms with Crippen LogP contribution in [-0.2, 0) is 9.53 Å². The minimum absolute atomic E-state index is 0.136. The first kappa shape index (κ1) is 17.9. The second-order valence-electron chi connectivity index (χ2n) is 7.57. The van der Waals surface area contributed by atoms with E-state index < -0.39 is 0 Å². The van der Waals surface area contributed by atoms with Crippen LogP contribution < -0.4 is 4.74 Å². The predicted octanol–water partition coefficient (Wildman–Crippen LogP) is 5.38. The van der Waals surface area contributed by atoms with E-state index in [-0.39, 0.29) is 12.6 Å². The Hall–Kier alpha value is -0.930. The van der Waals surface area contributed by atoms with E-state index in [4.69, 9.17) is 32.7 Å². The van der Waals surface area contributed by atoms with Crippen molar-refractivity contribution in [3.8, 4) is 5.75 Å². The molecule has 3 atom stereocenters. The minimum atomic E-state index is -0.359. The Balaban J connectivity index is 1.38. The number of hydrogen-bond donors (Lipinski definition) is 0. The Bertz CT molecular complexity index is 613. The monoisotopic (exact) mass is 370 g/mol. The Morgan fingerprint density at radius 3 is 2.75 bits per heavy atom. The number of carbonyl (C=O) groups is 1. The highest BCUT2D eigenvalue weighted by Crippen LogP contribution is 2.61. The third kappa shape index (κ3) is 3.67. The molecule has 24 heavy (non-hydrogen) atoms. The third-order valence-corrected chi connectivity index (χ3v) is 6.52. The van der Waals surface area contributed by atoms with Gasteiger partial charge >= 0.3 is 5.97 Å². The average molecular weight is 371 g/mol. The molecule has 3 nitrogen and oxygen atoms in total. The summed E-state index contributed by atoms with van der Waals surface area (Å²) in [6.07, 6.45) is 4.89. The van der Waals surface area contributed by atoms with Crippen molar-refractivity contribution in [2.45, 2.75) is 39.5 Å². The maximum Gasteiger partial charge on any atom is 0.344 e. The molecule has 0 radical (unpaired) electrons. The molecule has 1 aromatic rings. The zero-order chi connectivity index (χ0) is 17.3. The van der Waals surface area contributed by atoms with Gasteiger partial charge < -0.3 is 9.47 Å². The summed E-state index contributed by atoms with van der Waals surface area (Å²) in [5.74, 6) is 2.46. The van der Waals surface area contributed by atoms with Crippen LogP contribution >= 0.6 is 23.2 Å². The number of halogens is 2. The van der Waals surface area contributed by atoms with E-state index in [1.54, 1.807) is 18.2 Å². The maximum absolute atomic E-state index is 11.8. The highest BCUT2D eigenvalue weighted by molar-refractivity contribution is 6.35. The van der Waals surface area contributed by atoms with Crippen molar-refractivity contribution >= 4 is 29.2 Å². The lowest BCUT2D eigenvalue weighted by Gasteiger charge is -2.60. The number of esters is 1. The number of benzene rings is 1. The number of hydrogen-bond acceptors (Lipinski definition) is 3. The smallest absolute Gasteiger partial charge is 0.344 e. The molecule has 5 heteroatoms. The van der Waals surface area contributed by atoms with Crippen molar-refractivity contribution in [3.05, 3.63) is 28.2 Å². The molecule has 3 aliphatic rings. The van der Waals surface area contributed by atoms with Crippen molar-refractivity contribution in [2.75, 3.05) is 13.2 Å². The molecule has 0 heterocycles. The van der Waals surface area contributed by atoms with Crippen molar-refractivity contribution in [1.82, 2.24) is 0 Å². The SMILES string of the molecule is CC1(C)[C@@H]2CC[C@H](CCOC(=O)COc3ccc(Cl)cc3Cl)[C@@H]1C2. The molecule has 2 bridgehead atoms. The van der Waals surface area contributed by atoms with E-state index in [2.05, 4.69) is 13.8 Å². The van der Waals surface area contributed by atoms with Crippen molar-refractivity contribution in [3.63, 3.8) is 0 Å². The molecule has 0 N–H and O–H groups in total. The predicted molar refractivity (Wildman–Crippen MR) is 95.6 cm³/mol. The Kier molecular flexibility index (Phi) is 5.31. The number of carbonyl (C=O) groups excluding carboxylic acids is 1. The molecule has 4 rings (SSSR count). The molecule has 0 amide bonds. The van der Waals surface area contributed by atoms with E-state index in [1.165, 1.54) is 19.3 Å². The van der Waals surface area contributed by atoms with E-state index >= 15 is 0 Å². The Morgan fingerprint density at radius 1 is 1.29 bits per heavy atom. The number of rotatable bonds is 6. The van der Waals surface area contributed by atoms with Crippen LogP contribution in [-0.4, -0.2) is 19.2 Å². The highest BCUT2D eigenvalue weighted by atomic mass is 35.5. The van der Waals surface area contributed by atoms with E-state index in [0.717, 1.165) is 18.3 Å². The van der Waals surface area contributed by atoms with Crippen molar-refractivity contribution in [1.29, 1.82) is 0 Å². The van der Waals surface area contributed by atoms with Crippen LogP contribution in [0.3, 0.4) is 0 Å². The second kappa shape index (κ2) is 7.13. The molecule has 0 aliphatic heterocycles. The molecule has 0 spiro atoms. The molecule has 0 unspecified atom stereocenters. The van der Waals surface area contributed by atoms with Crippen LogP contribution in [0.2, 0.25) is 10.0 Å². The second-order valence-corrected chi connectivity index (χ2v) is 8.41. The van der Waals surface area contributed by atoms with Gasteiger partial charge in [0.2, 0.25) is 0 Å². The molecular formula is C19H24Cl2O3. The van der Waals surface area contributed by atoms with Gasteiger partial charge in [-0.05, 0) is 67.1 Å². The fraction of sp³-hybridized carbons (Fsp3) is 0.632. The third-order valence-electron chi connectivity index (χ3n) is 5.99. The van der Waals surface area contributed by atoms with Gasteiger partial charge in [-0.15, -0.1) is 0 Å². The van der Waals surface area contributed by atoms with Gasteiger partial charge in [-0.1, -0.05) is 37.0 Å². The lowest BCUT2D eigenvalue weighted by Crippen LogP contribution is -2.52. The number of fused-ring (bicyclic) bond motifs is 2. The molecule has 132 valence electrons. The molecule has 0 aromatic heterocycles. The minimum Gasteiger partial charge on any atom is -0.480 e. The lowest BCUT2D eigenvalue weighted by atomic mass is 9.45. The molecular weight excluding hydrogens is 347 g/mol. The van der Waals surface area contributed by atoms with Crippen molar-refractivity contribution in [2.24, 2.45) is 23.2 Å². The summed E-state index contributed by atoms with van der Waals surface area (Å²) >= 11 is 11.8. The summed E-state index contributed by atoms with van der Waals surface area (Å²) in [5, 5.41) is 0.919. The quantitative estimate of drug-likeness (QED) is 0.630. The normalized spacial score (nSPS) is 27.2. The fourth-order valence-electron chi connectivity index (χ4n) is 4.40. The Labute approximate surface area is 153 Å². The summed E-state index contributed by atoms with van der Waals surface area (Å²) in [6, 6.07) is 4.90. The summed E-state index contributed by atoms with van der Waals surface area (Å²) in [5.41, 5.74) is 0.474. The van der Waals surface area contributed by atoms with E-state index in [1.807, 2.05) is 0 Å². The van der Waals surface area contributed by atoms with Crippen LogP contribution in [0, 0.1) is 23.2 Å². The van der Waals surface area contributed by atoms with Crippen LogP contribution in [0.5, 0.6) is 5.75 Å². The highest BCUT2D eigenvalue weighted by Gasteiger charge is 2.53. The maximum atomic E-state index is 11.8. The van der Waals surface area contributed by atoms with Gasteiger partial charge in [0, 0.05) is 5.02 Å². The fourth-order valence-corrected chi connectivity index (χ4v) is 4.87. The van der Waals surface area contributed by atoms with Crippen LogP contribution in [0.15, 0.2) is 18.2 Å². The zero-order valence-corrected chi connectivity index (χ0v) is 15.7. The first-order valence-electron chi connectivity index (χ1n) is 8.61. The molecule has 3 saturated carbocycles. The topological polar surface area (TPSA) is 35.5 Å². The van der Waals surface area contributed by atoms with Gasteiger partial charge in [0.1, 0.15) is 5.75 Å². The summed E-state index contributed by atoms with van der Waals surface area (Å²) in [4.78, 5) is 11.8. The van der Waals surface area contributed by atoms with Crippen LogP contribution in [0.4, 0.5) is 0 Å². The summed E-state index contributed by atoms with van der Waals surface area (Å²) in [6.45, 7) is 5.10. The Morgan fingerprint density at radius 2 is 2.08 bits per heavy atom. The lowest BCUT2D eigenvalue weighted by molar-refractivity contribution is -0.148. The standard InChI is InChI=1S/C19H24Cl2O3/c1-19(2)13-4-3-12(15(19)9-13)7-8-23-18(22)11-24-17-6-5-14(20)10-16(17)21/h5-6,10,12-13,15H,3-4,7-9,11H2,1-2H3/t12-,13-,15+/m1/s1. The van der Waals surface area contributed by atoms with Gasteiger partial charge in [-0.3, -0.25) is 0 Å². The summed E-state index contributed by atoms with van der Waals surface area (Å²) in [7, 11) is 0.